The number of carbonyl (C=O) groups excluding carboxylic acids is 2. The molecule has 1 aliphatic heterocycles. The number of rotatable bonds is 6. The summed E-state index contributed by atoms with van der Waals surface area (Å²) in [6.07, 6.45) is 6.70. The molecule has 2 fully saturated rings. The van der Waals surface area contributed by atoms with Crippen molar-refractivity contribution in [2.75, 3.05) is 24.1 Å². The van der Waals surface area contributed by atoms with Crippen LogP contribution in [0.2, 0.25) is 0 Å². The second-order valence-corrected chi connectivity index (χ2v) is 12.4. The van der Waals surface area contributed by atoms with Gasteiger partial charge in [0.05, 0.1) is 22.9 Å². The molecule has 1 aliphatic carbocycles. The molecule has 2 aliphatic rings. The summed E-state index contributed by atoms with van der Waals surface area (Å²) < 4.78 is 11.5. The van der Waals surface area contributed by atoms with Crippen molar-refractivity contribution in [2.24, 2.45) is 0 Å². The Hall–Kier alpha value is -3.53. The van der Waals surface area contributed by atoms with Gasteiger partial charge >= 0.3 is 6.09 Å². The summed E-state index contributed by atoms with van der Waals surface area (Å²) >= 11 is 1.27. The first kappa shape index (κ1) is 27.1. The Bertz CT molecular complexity index is 1380. The fraction of sp³-hybridized carbons (Fsp3) is 0.483. The number of nitrogens with one attached hydrogen (secondary N) is 2. The Morgan fingerprint density at radius 1 is 1.13 bits per heavy atom. The minimum Gasteiger partial charge on any atom is -0.490 e. The fourth-order valence-corrected chi connectivity index (χ4v) is 5.82. The molecule has 10 heteroatoms. The lowest BCUT2D eigenvalue weighted by atomic mass is 9.96. The highest BCUT2D eigenvalue weighted by molar-refractivity contribution is 7.21. The predicted octanol–water partition coefficient (Wildman–Crippen LogP) is 5.99. The van der Waals surface area contributed by atoms with Crippen LogP contribution in [0.5, 0.6) is 5.75 Å². The Kier molecular flexibility index (Phi) is 7.57. The molecule has 1 saturated carbocycles. The van der Waals surface area contributed by atoms with Crippen molar-refractivity contribution in [2.45, 2.75) is 77.5 Å². The van der Waals surface area contributed by atoms with Crippen LogP contribution in [0.1, 0.15) is 68.1 Å². The molecule has 2 aromatic heterocycles. The Labute approximate surface area is 233 Å². The average molecular weight is 552 g/mol. The molecule has 2 amide bonds. The van der Waals surface area contributed by atoms with Crippen molar-refractivity contribution in [3.63, 3.8) is 0 Å². The lowest BCUT2D eigenvalue weighted by Crippen LogP contribution is -2.50. The van der Waals surface area contributed by atoms with Crippen molar-refractivity contribution >= 4 is 50.6 Å². The Morgan fingerprint density at radius 2 is 1.92 bits per heavy atom. The third kappa shape index (κ3) is 6.21. The van der Waals surface area contributed by atoms with Crippen molar-refractivity contribution in [1.82, 2.24) is 15.2 Å². The normalized spacial score (nSPS) is 17.9. The highest BCUT2D eigenvalue weighted by atomic mass is 32.1. The van der Waals surface area contributed by atoms with Gasteiger partial charge in [0.15, 0.2) is 0 Å². The van der Waals surface area contributed by atoms with E-state index in [4.69, 9.17) is 15.2 Å². The number of anilines is 3. The number of carbonyl (C=O) groups is 2. The molecule has 3 heterocycles. The van der Waals surface area contributed by atoms with Gasteiger partial charge in [-0.25, -0.2) is 9.78 Å². The SMILES string of the molecule is Cc1cc(OC2CCC2)ccc1Nc1ccnc2sc(C(=O)N[C@@H]3CCCN(C(=O)OC(C)(C)C)C3)c(N)c12. The number of thiophene rings is 1. The summed E-state index contributed by atoms with van der Waals surface area (Å²) in [5.41, 5.74) is 9.15. The first-order valence-electron chi connectivity index (χ1n) is 13.6. The van der Waals surface area contributed by atoms with Crippen molar-refractivity contribution in [3.8, 4) is 5.75 Å². The number of benzene rings is 1. The van der Waals surface area contributed by atoms with Gasteiger partial charge in [-0.05, 0) is 89.6 Å². The van der Waals surface area contributed by atoms with E-state index in [1.165, 1.54) is 17.8 Å². The zero-order chi connectivity index (χ0) is 27.7. The molecule has 9 nitrogen and oxygen atoms in total. The molecular formula is C29H37N5O4S. The number of piperidine rings is 1. The van der Waals surface area contributed by atoms with E-state index in [0.717, 1.165) is 53.8 Å². The van der Waals surface area contributed by atoms with E-state index in [1.807, 2.05) is 52.0 Å². The summed E-state index contributed by atoms with van der Waals surface area (Å²) in [5.74, 6) is 0.621. The van der Waals surface area contributed by atoms with Gasteiger partial charge in [-0.2, -0.15) is 0 Å². The van der Waals surface area contributed by atoms with E-state index in [0.29, 0.717) is 34.6 Å². The number of nitrogens with two attached hydrogens (primary N) is 1. The third-order valence-corrected chi connectivity index (χ3v) is 8.18. The van der Waals surface area contributed by atoms with Crippen LogP contribution in [0, 0.1) is 6.92 Å². The van der Waals surface area contributed by atoms with E-state index in [-0.39, 0.29) is 18.0 Å². The number of pyridine rings is 1. The fourth-order valence-electron chi connectivity index (χ4n) is 4.83. The molecule has 1 aromatic carbocycles. The van der Waals surface area contributed by atoms with Gasteiger partial charge < -0.3 is 30.7 Å². The molecule has 0 bridgehead atoms. The maximum Gasteiger partial charge on any atom is 0.410 e. The third-order valence-electron chi connectivity index (χ3n) is 7.07. The second kappa shape index (κ2) is 10.9. The molecule has 0 unspecified atom stereocenters. The summed E-state index contributed by atoms with van der Waals surface area (Å²) in [4.78, 5) is 33.1. The van der Waals surface area contributed by atoms with Crippen LogP contribution in [0.25, 0.3) is 10.2 Å². The standard InChI is InChI=1S/C29H37N5O4S/c1-17-15-20(37-19-8-5-9-19)10-11-21(17)33-22-12-13-31-27-23(22)24(30)25(39-27)26(35)32-18-7-6-14-34(16-18)28(36)38-29(2,3)4/h10-13,15,18-19H,5-9,14,16,30H2,1-4H3,(H,31,33)(H,32,35)/t18-/m1/s1. The number of amides is 2. The molecular weight excluding hydrogens is 514 g/mol. The minimum atomic E-state index is -0.568. The Morgan fingerprint density at radius 3 is 2.62 bits per heavy atom. The van der Waals surface area contributed by atoms with E-state index < -0.39 is 5.60 Å². The second-order valence-electron chi connectivity index (χ2n) is 11.4. The minimum absolute atomic E-state index is 0.183. The van der Waals surface area contributed by atoms with Gasteiger partial charge in [-0.1, -0.05) is 0 Å². The smallest absolute Gasteiger partial charge is 0.410 e. The summed E-state index contributed by atoms with van der Waals surface area (Å²) in [5, 5.41) is 7.27. The molecule has 0 spiro atoms. The number of nitrogens with zero attached hydrogens (tertiary/aromatic N) is 2. The number of nitrogen functional groups attached to an aromatic ring is 1. The van der Waals surface area contributed by atoms with Crippen LogP contribution in [0.15, 0.2) is 30.5 Å². The molecule has 5 rings (SSSR count). The number of aromatic nitrogens is 1. The van der Waals surface area contributed by atoms with Gasteiger partial charge in [-0.15, -0.1) is 11.3 Å². The van der Waals surface area contributed by atoms with Crippen LogP contribution >= 0.6 is 11.3 Å². The molecule has 4 N–H and O–H groups in total. The maximum atomic E-state index is 13.3. The summed E-state index contributed by atoms with van der Waals surface area (Å²) in [7, 11) is 0. The highest BCUT2D eigenvalue weighted by Gasteiger charge is 2.30. The molecule has 208 valence electrons. The zero-order valence-electron chi connectivity index (χ0n) is 23.0. The van der Waals surface area contributed by atoms with Gasteiger partial charge in [0.1, 0.15) is 21.1 Å². The van der Waals surface area contributed by atoms with E-state index >= 15 is 0 Å². The van der Waals surface area contributed by atoms with Crippen LogP contribution in [0.4, 0.5) is 21.9 Å². The number of fused-ring (bicyclic) bond motifs is 1. The van der Waals surface area contributed by atoms with Crippen LogP contribution < -0.4 is 21.1 Å². The molecule has 1 atom stereocenters. The van der Waals surface area contributed by atoms with Gasteiger partial charge in [-0.3, -0.25) is 4.79 Å². The molecule has 0 radical (unpaired) electrons. The maximum absolute atomic E-state index is 13.3. The summed E-state index contributed by atoms with van der Waals surface area (Å²) in [6.45, 7) is 8.58. The number of aryl methyl sites for hydroxylation is 1. The zero-order valence-corrected chi connectivity index (χ0v) is 23.8. The highest BCUT2D eigenvalue weighted by Crippen LogP contribution is 2.39. The molecule has 39 heavy (non-hydrogen) atoms. The summed E-state index contributed by atoms with van der Waals surface area (Å²) in [6, 6.07) is 7.71. The van der Waals surface area contributed by atoms with Crippen LogP contribution in [-0.4, -0.2) is 52.7 Å². The van der Waals surface area contributed by atoms with Crippen LogP contribution in [-0.2, 0) is 4.74 Å². The number of hydrogen-bond donors (Lipinski definition) is 3. The average Bonchev–Trinajstić information content (AvgIpc) is 3.19. The topological polar surface area (TPSA) is 119 Å². The lowest BCUT2D eigenvalue weighted by molar-refractivity contribution is 0.0186. The number of ether oxygens (including phenoxy) is 2. The van der Waals surface area contributed by atoms with Crippen molar-refractivity contribution in [1.29, 1.82) is 0 Å². The molecule has 3 aromatic rings. The quantitative estimate of drug-likeness (QED) is 0.344. The number of hydrogen-bond acceptors (Lipinski definition) is 8. The first-order chi connectivity index (χ1) is 18.6. The van der Waals surface area contributed by atoms with Gasteiger partial charge in [0.25, 0.3) is 5.91 Å². The molecule has 1 saturated heterocycles. The van der Waals surface area contributed by atoms with E-state index in [2.05, 4.69) is 15.6 Å². The van der Waals surface area contributed by atoms with Crippen molar-refractivity contribution < 1.29 is 19.1 Å². The van der Waals surface area contributed by atoms with Crippen molar-refractivity contribution in [3.05, 3.63) is 40.9 Å². The van der Waals surface area contributed by atoms with E-state index in [1.54, 1.807) is 11.1 Å². The van der Waals surface area contributed by atoms with E-state index in [9.17, 15) is 9.59 Å². The van der Waals surface area contributed by atoms with Gasteiger partial charge in [0, 0.05) is 31.0 Å². The largest absolute Gasteiger partial charge is 0.490 e. The monoisotopic (exact) mass is 551 g/mol. The predicted molar refractivity (Wildman–Crippen MR) is 155 cm³/mol. The lowest BCUT2D eigenvalue weighted by Gasteiger charge is -2.34. The van der Waals surface area contributed by atoms with Crippen LogP contribution in [0.3, 0.4) is 0 Å². The Balaban J connectivity index is 1.30. The first-order valence-corrected chi connectivity index (χ1v) is 14.4. The van der Waals surface area contributed by atoms with Gasteiger partial charge in [0.2, 0.25) is 0 Å². The number of likely N-dealkylation sites (tertiary alicyclic amines) is 1.